The van der Waals surface area contributed by atoms with Crippen LogP contribution in [0.3, 0.4) is 0 Å². The van der Waals surface area contributed by atoms with Gasteiger partial charge in [-0.15, -0.1) is 0 Å². The normalized spacial score (nSPS) is 19.4. The molecule has 53 heavy (non-hydrogen) atoms. The molecule has 5 atom stereocenters. The van der Waals surface area contributed by atoms with Crippen LogP contribution in [0.1, 0.15) is 57.0 Å². The van der Waals surface area contributed by atoms with E-state index in [4.69, 9.17) is 33.7 Å². The molecule has 0 aliphatic carbocycles. The van der Waals surface area contributed by atoms with Crippen LogP contribution >= 0.6 is 8.53 Å². The van der Waals surface area contributed by atoms with Gasteiger partial charge in [-0.3, -0.25) is 14.3 Å². The van der Waals surface area contributed by atoms with E-state index in [9.17, 15) is 14.9 Å². The first kappa shape index (κ1) is 39.8. The van der Waals surface area contributed by atoms with Gasteiger partial charge in [-0.25, -0.2) is 9.46 Å². The quantitative estimate of drug-likeness (QED) is 0.0803. The Morgan fingerprint density at radius 3 is 1.98 bits per heavy atom. The average molecular weight is 746 g/mol. The van der Waals surface area contributed by atoms with Crippen LogP contribution in [0.5, 0.6) is 11.5 Å². The van der Waals surface area contributed by atoms with Crippen LogP contribution in [0, 0.1) is 11.3 Å². The lowest BCUT2D eigenvalue weighted by Gasteiger charge is -2.39. The number of hydrogen-bond acceptors (Lipinski definition) is 11. The number of aromatic nitrogens is 2. The summed E-state index contributed by atoms with van der Waals surface area (Å²) in [6, 6.07) is 27.7. The van der Waals surface area contributed by atoms with Crippen molar-refractivity contribution in [3.8, 4) is 17.6 Å². The zero-order valence-corrected chi connectivity index (χ0v) is 31.8. The Hall–Kier alpha value is -4.38. The number of nitrogens with zero attached hydrogens (tertiary/aromatic N) is 3. The Morgan fingerprint density at radius 2 is 1.47 bits per heavy atom. The molecule has 0 spiro atoms. The maximum atomic E-state index is 13.1. The Morgan fingerprint density at radius 1 is 0.906 bits per heavy atom. The third kappa shape index (κ3) is 8.88. The molecule has 1 saturated heterocycles. The summed E-state index contributed by atoms with van der Waals surface area (Å²) >= 11 is 0. The summed E-state index contributed by atoms with van der Waals surface area (Å²) in [5, 5.41) is 9.29. The second-order valence-electron chi connectivity index (χ2n) is 13.1. The molecule has 14 heteroatoms. The van der Waals surface area contributed by atoms with Crippen molar-refractivity contribution < 1.29 is 28.0 Å². The second kappa shape index (κ2) is 18.1. The van der Waals surface area contributed by atoms with E-state index in [0.717, 1.165) is 16.7 Å². The summed E-state index contributed by atoms with van der Waals surface area (Å²) in [6.45, 7) is 8.26. The molecule has 0 amide bonds. The van der Waals surface area contributed by atoms with Crippen LogP contribution < -0.4 is 26.5 Å². The molecular weight excluding hydrogens is 697 g/mol. The number of aromatic amines is 1. The standard InChI is InChI=1S/C39H48N5O8P/c1-26(2)44(27(3)4)53(50-24-10-22-40)52-36-33(51-37(35(36)41)43-23-21-34(45)42-38(43)46)25-49-39(28-11-8-7-9-12-28,29-13-17-31(47-5)18-14-29)30-15-19-32(48-6)20-16-30/h7-9,11-21,23,26-27,33,35-37H,10,24-25,41H2,1-6H3,(H,42,45,46)/t33-,35-,36-,37-,53?/m1/s1. The number of H-pyrrole nitrogens is 1. The van der Waals surface area contributed by atoms with Crippen LogP contribution in [-0.2, 0) is 24.1 Å². The number of benzene rings is 3. The molecule has 2 heterocycles. The highest BCUT2D eigenvalue weighted by molar-refractivity contribution is 7.44. The molecule has 3 aromatic carbocycles. The van der Waals surface area contributed by atoms with E-state index in [2.05, 4.69) is 15.7 Å². The number of nitrogens with two attached hydrogens (primary N) is 1. The van der Waals surface area contributed by atoms with Crippen molar-refractivity contribution >= 4 is 8.53 Å². The summed E-state index contributed by atoms with van der Waals surface area (Å²) in [4.78, 5) is 27.4. The van der Waals surface area contributed by atoms with Crippen molar-refractivity contribution in [3.63, 3.8) is 0 Å². The van der Waals surface area contributed by atoms with Crippen LogP contribution in [0.4, 0.5) is 0 Å². The van der Waals surface area contributed by atoms with Gasteiger partial charge in [0.2, 0.25) is 0 Å². The monoisotopic (exact) mass is 745 g/mol. The molecule has 0 radical (unpaired) electrons. The predicted octanol–water partition coefficient (Wildman–Crippen LogP) is 5.45. The van der Waals surface area contributed by atoms with E-state index in [1.54, 1.807) is 14.2 Å². The molecule has 13 nitrogen and oxygen atoms in total. The third-order valence-corrected chi connectivity index (χ3v) is 11.2. The van der Waals surface area contributed by atoms with Crippen LogP contribution in [-0.4, -0.2) is 72.0 Å². The molecule has 5 rings (SSSR count). The number of nitriles is 1. The highest BCUT2D eigenvalue weighted by Crippen LogP contribution is 2.50. The second-order valence-corrected chi connectivity index (χ2v) is 14.5. The van der Waals surface area contributed by atoms with Crippen LogP contribution in [0.25, 0.3) is 0 Å². The first-order valence-electron chi connectivity index (χ1n) is 17.5. The van der Waals surface area contributed by atoms with Gasteiger partial charge in [-0.05, 0) is 68.7 Å². The maximum absolute atomic E-state index is 13.1. The molecule has 4 aromatic rings. The number of methoxy groups -OCH3 is 2. The summed E-state index contributed by atoms with van der Waals surface area (Å²) < 4.78 is 41.2. The lowest BCUT2D eigenvalue weighted by molar-refractivity contribution is -0.0927. The van der Waals surface area contributed by atoms with Crippen molar-refractivity contribution in [2.75, 3.05) is 27.4 Å². The Bertz CT molecular complexity index is 1860. The van der Waals surface area contributed by atoms with Crippen molar-refractivity contribution in [3.05, 3.63) is 129 Å². The number of ether oxygens (including phenoxy) is 4. The molecule has 0 bridgehead atoms. The van der Waals surface area contributed by atoms with Crippen molar-refractivity contribution in [1.82, 2.24) is 14.2 Å². The van der Waals surface area contributed by atoms with E-state index < -0.39 is 49.9 Å². The Balaban J connectivity index is 1.62. The molecule has 1 aromatic heterocycles. The minimum absolute atomic E-state index is 0.0185. The SMILES string of the molecule is COc1ccc(C(OC[C@H]2O[C@@H](n3ccc(=O)[nH]c3=O)[C@H](N)[C@@H]2OP(OCCC#N)N(C(C)C)C(C)C)(c2ccccc2)c2ccc(OC)cc2)cc1. The minimum Gasteiger partial charge on any atom is -0.497 e. The molecule has 1 unspecified atom stereocenters. The number of rotatable bonds is 17. The molecule has 282 valence electrons. The lowest BCUT2D eigenvalue weighted by atomic mass is 9.80. The van der Waals surface area contributed by atoms with Crippen molar-refractivity contribution in [2.24, 2.45) is 5.73 Å². The molecular formula is C39H48N5O8P. The van der Waals surface area contributed by atoms with Crippen molar-refractivity contribution in [1.29, 1.82) is 5.26 Å². The fraction of sp³-hybridized carbons (Fsp3) is 0.410. The Labute approximate surface area is 311 Å². The van der Waals surface area contributed by atoms with E-state index >= 15 is 0 Å². The zero-order chi connectivity index (χ0) is 38.1. The molecule has 3 N–H and O–H groups in total. The van der Waals surface area contributed by atoms with Gasteiger partial charge in [-0.2, -0.15) is 5.26 Å². The summed E-state index contributed by atoms with van der Waals surface area (Å²) in [7, 11) is 1.46. The van der Waals surface area contributed by atoms with Gasteiger partial charge >= 0.3 is 5.69 Å². The smallest absolute Gasteiger partial charge is 0.330 e. The average Bonchev–Trinajstić information content (AvgIpc) is 3.46. The van der Waals surface area contributed by atoms with E-state index in [0.29, 0.717) is 11.5 Å². The minimum atomic E-state index is -1.77. The summed E-state index contributed by atoms with van der Waals surface area (Å²) in [5.41, 5.74) is 7.02. The first-order chi connectivity index (χ1) is 25.5. The fourth-order valence-electron chi connectivity index (χ4n) is 6.59. The maximum Gasteiger partial charge on any atom is 0.330 e. The topological polar surface area (TPSA) is 163 Å². The summed E-state index contributed by atoms with van der Waals surface area (Å²) in [6.07, 6.45) is -1.18. The molecule has 1 aliphatic heterocycles. The predicted molar refractivity (Wildman–Crippen MR) is 202 cm³/mol. The van der Waals surface area contributed by atoms with Gasteiger partial charge in [0.25, 0.3) is 14.1 Å². The zero-order valence-electron chi connectivity index (χ0n) is 30.9. The largest absolute Gasteiger partial charge is 0.497 e. The lowest BCUT2D eigenvalue weighted by Crippen LogP contribution is -2.46. The highest BCUT2D eigenvalue weighted by Gasteiger charge is 2.49. The summed E-state index contributed by atoms with van der Waals surface area (Å²) in [5.74, 6) is 1.37. The van der Waals surface area contributed by atoms with Gasteiger partial charge in [0, 0.05) is 24.3 Å². The van der Waals surface area contributed by atoms with Crippen molar-refractivity contribution in [2.45, 2.75) is 76.3 Å². The number of hydrogen-bond donors (Lipinski definition) is 2. The van der Waals surface area contributed by atoms with Gasteiger partial charge in [0.05, 0.1) is 46.0 Å². The van der Waals surface area contributed by atoms with E-state index in [1.807, 2.05) is 107 Å². The van der Waals surface area contributed by atoms with E-state index in [-0.39, 0.29) is 31.7 Å². The van der Waals surface area contributed by atoms with Crippen LogP contribution in [0.2, 0.25) is 0 Å². The van der Waals surface area contributed by atoms with E-state index in [1.165, 1.54) is 16.8 Å². The molecule has 1 fully saturated rings. The van der Waals surface area contributed by atoms with Crippen LogP contribution in [0.15, 0.2) is 101 Å². The highest BCUT2D eigenvalue weighted by atomic mass is 31.2. The molecule has 0 saturated carbocycles. The van der Waals surface area contributed by atoms with Gasteiger partial charge in [0.15, 0.2) is 6.23 Å². The number of nitrogens with one attached hydrogen (secondary N) is 1. The van der Waals surface area contributed by atoms with Gasteiger partial charge in [0.1, 0.15) is 29.3 Å². The first-order valence-corrected chi connectivity index (χ1v) is 18.6. The van der Waals surface area contributed by atoms with Gasteiger partial charge in [-0.1, -0.05) is 54.6 Å². The van der Waals surface area contributed by atoms with Gasteiger partial charge < -0.3 is 33.7 Å². The third-order valence-electron chi connectivity index (χ3n) is 9.03. The Kier molecular flexibility index (Phi) is 13.6. The molecule has 1 aliphatic rings. The fourth-order valence-corrected chi connectivity index (χ4v) is 8.38.